The van der Waals surface area contributed by atoms with Gasteiger partial charge in [-0.15, -0.1) is 0 Å². The van der Waals surface area contributed by atoms with Gasteiger partial charge < -0.3 is 4.74 Å². The van der Waals surface area contributed by atoms with E-state index in [1.165, 1.54) is 12.1 Å². The second kappa shape index (κ2) is 5.44. The maximum atomic E-state index is 12.5. The van der Waals surface area contributed by atoms with Crippen molar-refractivity contribution < 1.29 is 22.7 Å². The Kier molecular flexibility index (Phi) is 4.04. The molecular weight excluding hydrogens is 271 g/mol. The largest absolute Gasteiger partial charge is 0.461 e. The van der Waals surface area contributed by atoms with Gasteiger partial charge in [0, 0.05) is 12.5 Å². The smallest absolute Gasteiger partial charge is 0.416 e. The topological polar surface area (TPSA) is 38.3 Å². The maximum Gasteiger partial charge on any atom is 0.416 e. The van der Waals surface area contributed by atoms with Gasteiger partial charge >= 0.3 is 12.1 Å². The van der Waals surface area contributed by atoms with Crippen molar-refractivity contribution in [3.63, 3.8) is 0 Å². The number of alkyl halides is 3. The third-order valence-electron chi connectivity index (χ3n) is 3.36. The van der Waals surface area contributed by atoms with E-state index in [2.05, 4.69) is 5.32 Å². The first-order valence-electron chi connectivity index (χ1n) is 6.41. The number of ether oxygens (including phenoxy) is 1. The number of hydrogen-bond donors (Lipinski definition) is 1. The third kappa shape index (κ3) is 3.30. The van der Waals surface area contributed by atoms with Gasteiger partial charge in [0.2, 0.25) is 0 Å². The van der Waals surface area contributed by atoms with Crippen molar-refractivity contribution in [2.24, 2.45) is 0 Å². The molecule has 20 heavy (non-hydrogen) atoms. The minimum Gasteiger partial charge on any atom is -0.461 e. The second-order valence-corrected chi connectivity index (χ2v) is 5.04. The van der Waals surface area contributed by atoms with Crippen LogP contribution < -0.4 is 5.32 Å². The first kappa shape index (κ1) is 14.8. The van der Waals surface area contributed by atoms with Crippen LogP contribution in [0.5, 0.6) is 0 Å². The SMILES string of the molecule is C[C@@H]1C[C@H](N[C@@H](C)c2ccc(C(F)(F)F)cc2)C(=O)O1. The highest BCUT2D eigenvalue weighted by atomic mass is 19.4. The maximum absolute atomic E-state index is 12.5. The molecule has 6 heteroatoms. The average molecular weight is 287 g/mol. The lowest BCUT2D eigenvalue weighted by Crippen LogP contribution is -2.35. The van der Waals surface area contributed by atoms with E-state index in [1.807, 2.05) is 6.92 Å². The fourth-order valence-electron chi connectivity index (χ4n) is 2.25. The van der Waals surface area contributed by atoms with E-state index in [-0.39, 0.29) is 18.1 Å². The molecule has 1 heterocycles. The molecule has 1 saturated heterocycles. The Morgan fingerprint density at radius 1 is 1.30 bits per heavy atom. The molecule has 1 aromatic carbocycles. The van der Waals surface area contributed by atoms with Gasteiger partial charge in [0.1, 0.15) is 12.1 Å². The Labute approximate surface area is 115 Å². The Balaban J connectivity index is 2.03. The van der Waals surface area contributed by atoms with Crippen LogP contribution in [0.1, 0.15) is 37.4 Å². The summed E-state index contributed by atoms with van der Waals surface area (Å²) >= 11 is 0. The number of carbonyl (C=O) groups excluding carboxylic acids is 1. The van der Waals surface area contributed by atoms with Gasteiger partial charge in [-0.2, -0.15) is 13.2 Å². The third-order valence-corrected chi connectivity index (χ3v) is 3.36. The molecule has 0 aromatic heterocycles. The van der Waals surface area contributed by atoms with Crippen LogP contribution in [0.2, 0.25) is 0 Å². The van der Waals surface area contributed by atoms with Crippen molar-refractivity contribution in [1.82, 2.24) is 5.32 Å². The van der Waals surface area contributed by atoms with Crippen molar-refractivity contribution in [2.75, 3.05) is 0 Å². The predicted octanol–water partition coefficient (Wildman–Crippen LogP) is 3.06. The van der Waals surface area contributed by atoms with E-state index in [0.717, 1.165) is 12.1 Å². The summed E-state index contributed by atoms with van der Waals surface area (Å²) in [6.45, 7) is 3.61. The van der Waals surface area contributed by atoms with Gasteiger partial charge in [-0.1, -0.05) is 12.1 Å². The number of esters is 1. The normalized spacial score (nSPS) is 24.6. The van der Waals surface area contributed by atoms with E-state index in [0.29, 0.717) is 12.0 Å². The first-order valence-corrected chi connectivity index (χ1v) is 6.41. The zero-order chi connectivity index (χ0) is 14.9. The van der Waals surface area contributed by atoms with Crippen LogP contribution in [-0.2, 0) is 15.7 Å². The van der Waals surface area contributed by atoms with Crippen LogP contribution in [0.25, 0.3) is 0 Å². The van der Waals surface area contributed by atoms with E-state index in [4.69, 9.17) is 4.74 Å². The van der Waals surface area contributed by atoms with Crippen LogP contribution in [-0.4, -0.2) is 18.1 Å². The van der Waals surface area contributed by atoms with Crippen LogP contribution in [0.3, 0.4) is 0 Å². The van der Waals surface area contributed by atoms with Gasteiger partial charge in [0.25, 0.3) is 0 Å². The van der Waals surface area contributed by atoms with Crippen LogP contribution in [0.15, 0.2) is 24.3 Å². The lowest BCUT2D eigenvalue weighted by Gasteiger charge is -2.18. The molecule has 1 N–H and O–H groups in total. The highest BCUT2D eigenvalue weighted by Crippen LogP contribution is 2.30. The zero-order valence-electron chi connectivity index (χ0n) is 11.2. The Hall–Kier alpha value is -1.56. The molecule has 0 aliphatic carbocycles. The number of rotatable bonds is 3. The minimum atomic E-state index is -4.33. The predicted molar refractivity (Wildman–Crippen MR) is 67.0 cm³/mol. The molecule has 3 nitrogen and oxygen atoms in total. The molecule has 0 spiro atoms. The summed E-state index contributed by atoms with van der Waals surface area (Å²) in [6.07, 6.45) is -3.89. The number of carbonyl (C=O) groups is 1. The highest BCUT2D eigenvalue weighted by Gasteiger charge is 2.33. The number of nitrogens with one attached hydrogen (secondary N) is 1. The van der Waals surface area contributed by atoms with Gasteiger partial charge in [-0.3, -0.25) is 10.1 Å². The molecule has 0 radical (unpaired) electrons. The molecule has 110 valence electrons. The molecular formula is C14H16F3NO2. The summed E-state index contributed by atoms with van der Waals surface area (Å²) in [5.41, 5.74) is 0.0210. The van der Waals surface area contributed by atoms with Crippen molar-refractivity contribution in [3.05, 3.63) is 35.4 Å². The van der Waals surface area contributed by atoms with Crippen molar-refractivity contribution in [3.8, 4) is 0 Å². The average Bonchev–Trinajstić information content (AvgIpc) is 2.67. The lowest BCUT2D eigenvalue weighted by atomic mass is 10.0. The summed E-state index contributed by atoms with van der Waals surface area (Å²) in [4.78, 5) is 11.5. The van der Waals surface area contributed by atoms with Crippen LogP contribution in [0.4, 0.5) is 13.2 Å². The molecule has 0 amide bonds. The molecule has 3 atom stereocenters. The molecule has 1 aliphatic heterocycles. The quantitative estimate of drug-likeness (QED) is 0.868. The van der Waals surface area contributed by atoms with Crippen LogP contribution in [0, 0.1) is 0 Å². The number of cyclic esters (lactones) is 1. The molecule has 0 saturated carbocycles. The summed E-state index contributed by atoms with van der Waals surface area (Å²) in [6, 6.07) is 4.31. The monoisotopic (exact) mass is 287 g/mol. The number of benzene rings is 1. The van der Waals surface area contributed by atoms with E-state index >= 15 is 0 Å². The molecule has 0 bridgehead atoms. The van der Waals surface area contributed by atoms with E-state index in [9.17, 15) is 18.0 Å². The highest BCUT2D eigenvalue weighted by molar-refractivity contribution is 5.78. The molecule has 1 aromatic rings. The molecule has 1 aliphatic rings. The minimum absolute atomic E-state index is 0.125. The lowest BCUT2D eigenvalue weighted by molar-refractivity contribution is -0.142. The number of halogens is 3. The van der Waals surface area contributed by atoms with E-state index < -0.39 is 17.8 Å². The number of hydrogen-bond acceptors (Lipinski definition) is 3. The van der Waals surface area contributed by atoms with Gasteiger partial charge in [0.05, 0.1) is 5.56 Å². The zero-order valence-corrected chi connectivity index (χ0v) is 11.2. The van der Waals surface area contributed by atoms with Crippen molar-refractivity contribution >= 4 is 5.97 Å². The Morgan fingerprint density at radius 3 is 2.35 bits per heavy atom. The summed E-state index contributed by atoms with van der Waals surface area (Å²) in [5.74, 6) is -0.309. The summed E-state index contributed by atoms with van der Waals surface area (Å²) in [5, 5.41) is 3.08. The molecule has 1 fully saturated rings. The van der Waals surface area contributed by atoms with Crippen molar-refractivity contribution in [2.45, 2.75) is 44.6 Å². The van der Waals surface area contributed by atoms with Crippen LogP contribution >= 0.6 is 0 Å². The molecule has 0 unspecified atom stereocenters. The summed E-state index contributed by atoms with van der Waals surface area (Å²) in [7, 11) is 0. The van der Waals surface area contributed by atoms with Crippen molar-refractivity contribution in [1.29, 1.82) is 0 Å². The second-order valence-electron chi connectivity index (χ2n) is 5.04. The first-order chi connectivity index (χ1) is 9.27. The summed E-state index contributed by atoms with van der Waals surface area (Å²) < 4.78 is 42.4. The standard InChI is InChI=1S/C14H16F3NO2/c1-8-7-12(13(19)20-8)18-9(2)10-3-5-11(6-4-10)14(15,16)17/h3-6,8-9,12,18H,7H2,1-2H3/t8-,9+,12+/m1/s1. The fraction of sp³-hybridized carbons (Fsp3) is 0.500. The molecule has 2 rings (SSSR count). The van der Waals surface area contributed by atoms with Gasteiger partial charge in [0.15, 0.2) is 0 Å². The van der Waals surface area contributed by atoms with Gasteiger partial charge in [-0.25, -0.2) is 0 Å². The Bertz CT molecular complexity index is 484. The van der Waals surface area contributed by atoms with Gasteiger partial charge in [-0.05, 0) is 31.5 Å². The van der Waals surface area contributed by atoms with E-state index in [1.54, 1.807) is 6.92 Å². The Morgan fingerprint density at radius 2 is 1.90 bits per heavy atom. The fourth-order valence-corrected chi connectivity index (χ4v) is 2.25.